The van der Waals surface area contributed by atoms with Crippen LogP contribution in [0.3, 0.4) is 0 Å². The molecule has 0 aliphatic heterocycles. The molecule has 0 bridgehead atoms. The minimum Gasteiger partial charge on any atom is -0.459 e. The van der Waals surface area contributed by atoms with Gasteiger partial charge in [0.15, 0.2) is 6.04 Å². The van der Waals surface area contributed by atoms with Crippen molar-refractivity contribution in [3.63, 3.8) is 0 Å². The number of hydrogen-bond acceptors (Lipinski definition) is 8. The predicted octanol–water partition coefficient (Wildman–Crippen LogP) is 0.521. The van der Waals surface area contributed by atoms with Crippen LogP contribution < -0.4 is 5.73 Å². The number of esters is 1. The van der Waals surface area contributed by atoms with Crippen LogP contribution in [0, 0.1) is 16.5 Å². The van der Waals surface area contributed by atoms with Crippen LogP contribution in [-0.4, -0.2) is 21.0 Å². The lowest BCUT2D eigenvalue weighted by Crippen LogP contribution is -2.24. The molecule has 0 saturated carbocycles. The number of rotatable bonds is 5. The molecule has 1 aromatic heterocycles. The minimum atomic E-state index is -1.16. The topological polar surface area (TPSA) is 134 Å². The smallest absolute Gasteiger partial charge is 0.331 e. The number of hydrogen-bond donors (Lipinski definition) is 1. The Bertz CT molecular complexity index is 596. The van der Waals surface area contributed by atoms with Crippen molar-refractivity contribution in [2.75, 3.05) is 0 Å². The Morgan fingerprint density at radius 2 is 2.20 bits per heavy atom. The highest BCUT2D eigenvalue weighted by Gasteiger charge is 2.22. The molecule has 0 spiro atoms. The summed E-state index contributed by atoms with van der Waals surface area (Å²) in [6.07, 6.45) is 2.07. The van der Waals surface area contributed by atoms with E-state index in [-0.39, 0.29) is 18.1 Å². The number of ether oxygens (including phenoxy) is 1. The highest BCUT2D eigenvalue weighted by molar-refractivity contribution is 5.76. The van der Waals surface area contributed by atoms with Gasteiger partial charge in [-0.25, -0.2) is 4.79 Å². The molecular formula is C11H9N4O5. The molecule has 1 atom stereocenters. The molecule has 1 aromatic carbocycles. The predicted molar refractivity (Wildman–Crippen MR) is 63.0 cm³/mol. The van der Waals surface area contributed by atoms with Gasteiger partial charge in [0.2, 0.25) is 5.82 Å². The largest absolute Gasteiger partial charge is 0.459 e. The summed E-state index contributed by atoms with van der Waals surface area (Å²) in [4.78, 5) is 25.1. The molecule has 0 amide bonds. The molecule has 0 aliphatic carbocycles. The first-order valence-electron chi connectivity index (χ1n) is 5.43. The fraction of sp³-hybridized carbons (Fsp3) is 0.182. The van der Waals surface area contributed by atoms with Crippen molar-refractivity contribution in [3.05, 3.63) is 52.2 Å². The summed E-state index contributed by atoms with van der Waals surface area (Å²) in [6, 6.07) is 4.44. The van der Waals surface area contributed by atoms with Crippen LogP contribution in [0.25, 0.3) is 0 Å². The summed E-state index contributed by atoms with van der Waals surface area (Å²) >= 11 is 0. The monoisotopic (exact) mass is 277 g/mol. The number of carbonyl (C=O) groups excluding carboxylic acids is 1. The molecule has 1 unspecified atom stereocenters. The highest BCUT2D eigenvalue weighted by atomic mass is 16.6. The Labute approximate surface area is 112 Å². The quantitative estimate of drug-likeness (QED) is 0.474. The van der Waals surface area contributed by atoms with Crippen molar-refractivity contribution in [3.8, 4) is 0 Å². The number of non-ortho nitro benzene ring substituents is 1. The minimum absolute atomic E-state index is 0.0290. The highest BCUT2D eigenvalue weighted by Crippen LogP contribution is 2.13. The van der Waals surface area contributed by atoms with Crippen molar-refractivity contribution in [2.24, 2.45) is 5.73 Å². The SMILES string of the molecule is NC(C(=O)OCc1ccc([N+](=O)[O-])cc1)c1n[c]on1. The first-order chi connectivity index (χ1) is 9.58. The second-order valence-electron chi connectivity index (χ2n) is 3.75. The maximum absolute atomic E-state index is 11.6. The number of nitro groups is 1. The van der Waals surface area contributed by atoms with Gasteiger partial charge < -0.3 is 15.0 Å². The lowest BCUT2D eigenvalue weighted by Gasteiger charge is -2.08. The molecule has 0 saturated heterocycles. The zero-order chi connectivity index (χ0) is 14.5. The van der Waals surface area contributed by atoms with Gasteiger partial charge in [0.05, 0.1) is 4.92 Å². The third-order valence-electron chi connectivity index (χ3n) is 2.40. The molecule has 9 heteroatoms. The molecule has 2 aromatic rings. The zero-order valence-corrected chi connectivity index (χ0v) is 10.1. The Hall–Kier alpha value is -2.81. The Balaban J connectivity index is 1.91. The lowest BCUT2D eigenvalue weighted by molar-refractivity contribution is -0.384. The maximum Gasteiger partial charge on any atom is 0.331 e. The molecule has 103 valence electrons. The number of nitrogens with zero attached hydrogens (tertiary/aromatic N) is 3. The first kappa shape index (κ1) is 13.6. The number of aromatic nitrogens is 2. The molecule has 0 aliphatic rings. The average Bonchev–Trinajstić information content (AvgIpc) is 2.98. The van der Waals surface area contributed by atoms with Crippen LogP contribution in [0.2, 0.25) is 0 Å². The van der Waals surface area contributed by atoms with Crippen molar-refractivity contribution < 1.29 is 19.0 Å². The van der Waals surface area contributed by atoms with Crippen LogP contribution in [0.4, 0.5) is 5.69 Å². The van der Waals surface area contributed by atoms with Gasteiger partial charge in [0.25, 0.3) is 5.69 Å². The van der Waals surface area contributed by atoms with Gasteiger partial charge in [-0.3, -0.25) is 10.1 Å². The van der Waals surface area contributed by atoms with Gasteiger partial charge >= 0.3 is 12.4 Å². The summed E-state index contributed by atoms with van der Waals surface area (Å²) in [5.41, 5.74) is 6.09. The summed E-state index contributed by atoms with van der Waals surface area (Å²) in [7, 11) is 0. The fourth-order valence-corrected chi connectivity index (χ4v) is 1.34. The van der Waals surface area contributed by atoms with E-state index in [1.54, 1.807) is 0 Å². The van der Waals surface area contributed by atoms with Gasteiger partial charge in [0.1, 0.15) is 6.61 Å². The van der Waals surface area contributed by atoms with E-state index in [1.165, 1.54) is 24.3 Å². The number of carbonyl (C=O) groups is 1. The van der Waals surface area contributed by atoms with Crippen LogP contribution in [0.1, 0.15) is 17.4 Å². The van der Waals surface area contributed by atoms with Crippen molar-refractivity contribution in [1.82, 2.24) is 10.1 Å². The van der Waals surface area contributed by atoms with E-state index < -0.39 is 16.9 Å². The van der Waals surface area contributed by atoms with Gasteiger partial charge in [-0.15, -0.1) is 0 Å². The summed E-state index contributed by atoms with van der Waals surface area (Å²) in [5, 5.41) is 13.9. The Morgan fingerprint density at radius 3 is 2.75 bits per heavy atom. The van der Waals surface area contributed by atoms with E-state index in [0.29, 0.717) is 5.56 Å². The summed E-state index contributed by atoms with van der Waals surface area (Å²) < 4.78 is 9.29. The molecular weight excluding hydrogens is 268 g/mol. The second kappa shape index (κ2) is 5.89. The Kier molecular flexibility index (Phi) is 4.01. The molecule has 1 heterocycles. The van der Waals surface area contributed by atoms with E-state index in [0.717, 1.165) is 0 Å². The average molecular weight is 277 g/mol. The van der Waals surface area contributed by atoms with Gasteiger partial charge in [-0.05, 0) is 17.7 Å². The number of nitrogens with two attached hydrogens (primary N) is 1. The molecule has 2 rings (SSSR count). The van der Waals surface area contributed by atoms with Crippen LogP contribution >= 0.6 is 0 Å². The van der Waals surface area contributed by atoms with Crippen molar-refractivity contribution >= 4 is 11.7 Å². The molecule has 0 fully saturated rings. The zero-order valence-electron chi connectivity index (χ0n) is 10.1. The van der Waals surface area contributed by atoms with E-state index >= 15 is 0 Å². The standard InChI is InChI=1S/C11H9N4O5/c12-9(10-13-6-20-14-10)11(16)19-5-7-1-3-8(4-2-7)15(17)18/h1-4,9H,5,12H2. The van der Waals surface area contributed by atoms with Crippen LogP contribution in [0.15, 0.2) is 28.8 Å². The van der Waals surface area contributed by atoms with E-state index in [4.69, 9.17) is 10.5 Å². The van der Waals surface area contributed by atoms with Crippen molar-refractivity contribution in [2.45, 2.75) is 12.6 Å². The number of nitro benzene ring substituents is 1. The third kappa shape index (κ3) is 3.14. The summed E-state index contributed by atoms with van der Waals surface area (Å²) in [6.45, 7) is -0.0634. The van der Waals surface area contributed by atoms with E-state index in [1.807, 2.05) is 0 Å². The fourth-order valence-electron chi connectivity index (χ4n) is 1.34. The molecule has 9 nitrogen and oxygen atoms in total. The molecule has 1 radical (unpaired) electrons. The van der Waals surface area contributed by atoms with Gasteiger partial charge in [0, 0.05) is 12.1 Å². The molecule has 20 heavy (non-hydrogen) atoms. The van der Waals surface area contributed by atoms with Crippen LogP contribution in [-0.2, 0) is 16.1 Å². The maximum atomic E-state index is 11.6. The van der Waals surface area contributed by atoms with E-state index in [2.05, 4.69) is 21.1 Å². The normalized spacial score (nSPS) is 11.8. The first-order valence-corrected chi connectivity index (χ1v) is 5.43. The Morgan fingerprint density at radius 1 is 1.50 bits per heavy atom. The van der Waals surface area contributed by atoms with Gasteiger partial charge in [-0.1, -0.05) is 5.16 Å². The third-order valence-corrected chi connectivity index (χ3v) is 2.40. The van der Waals surface area contributed by atoms with E-state index in [9.17, 15) is 14.9 Å². The van der Waals surface area contributed by atoms with Crippen LogP contribution in [0.5, 0.6) is 0 Å². The summed E-state index contributed by atoms with van der Waals surface area (Å²) in [5.74, 6) is -0.767. The second-order valence-corrected chi connectivity index (χ2v) is 3.75. The molecule has 2 N–H and O–H groups in total. The number of benzene rings is 1. The van der Waals surface area contributed by atoms with Crippen molar-refractivity contribution in [1.29, 1.82) is 0 Å². The van der Waals surface area contributed by atoms with Gasteiger partial charge in [-0.2, -0.15) is 4.98 Å². The lowest BCUT2D eigenvalue weighted by atomic mass is 10.2.